The average molecular weight is 336 g/mol. The molecule has 3 aliphatic carbocycles. The maximum absolute atomic E-state index is 12.4. The molecule has 0 heterocycles. The van der Waals surface area contributed by atoms with Gasteiger partial charge in [0.2, 0.25) is 0 Å². The molecule has 0 amide bonds. The summed E-state index contributed by atoms with van der Waals surface area (Å²) in [6, 6.07) is 0. The highest BCUT2D eigenvalue weighted by atomic mass is 16.4. The standard InChI is InChI=1S/C19H28O5/c1-18-8-7-14-12(13(18)5-6-15(18)20)4-3-11(9-16(21)22)19(14,2)10-17(23)24/h11-14H,3-10H2,1-2H3,(H,21,22)(H,23,24)/t11-,12-,13+,14+,18+,19-/m1/s1. The Hall–Kier alpha value is -1.39. The molecule has 0 radical (unpaired) electrons. The lowest BCUT2D eigenvalue weighted by molar-refractivity contribution is -0.156. The molecule has 24 heavy (non-hydrogen) atoms. The maximum atomic E-state index is 12.4. The fourth-order valence-electron chi connectivity index (χ4n) is 6.45. The Morgan fingerprint density at radius 2 is 1.75 bits per heavy atom. The van der Waals surface area contributed by atoms with E-state index >= 15 is 0 Å². The van der Waals surface area contributed by atoms with Crippen molar-refractivity contribution in [1.82, 2.24) is 0 Å². The van der Waals surface area contributed by atoms with Crippen molar-refractivity contribution < 1.29 is 24.6 Å². The third-order valence-electron chi connectivity index (χ3n) is 7.73. The number of carboxylic acid groups (broad SMARTS) is 2. The van der Waals surface area contributed by atoms with Crippen molar-refractivity contribution in [3.8, 4) is 0 Å². The number of rotatable bonds is 4. The highest BCUT2D eigenvalue weighted by Gasteiger charge is 2.60. The molecule has 3 rings (SSSR count). The summed E-state index contributed by atoms with van der Waals surface area (Å²) in [6.07, 6.45) is 5.03. The molecular weight excluding hydrogens is 308 g/mol. The van der Waals surface area contributed by atoms with E-state index in [4.69, 9.17) is 0 Å². The summed E-state index contributed by atoms with van der Waals surface area (Å²) in [6.45, 7) is 4.09. The molecule has 0 saturated heterocycles. The summed E-state index contributed by atoms with van der Waals surface area (Å²) in [4.78, 5) is 35.2. The summed E-state index contributed by atoms with van der Waals surface area (Å²) >= 11 is 0. The van der Waals surface area contributed by atoms with Gasteiger partial charge in [0, 0.05) is 18.3 Å². The molecular formula is C19H28O5. The molecule has 0 spiro atoms. The Morgan fingerprint density at radius 3 is 2.38 bits per heavy atom. The third-order valence-corrected chi connectivity index (χ3v) is 7.73. The predicted octanol–water partition coefficient (Wildman–Crippen LogP) is 3.36. The minimum Gasteiger partial charge on any atom is -0.481 e. The third kappa shape index (κ3) is 2.56. The number of fused-ring (bicyclic) bond motifs is 3. The molecule has 5 nitrogen and oxygen atoms in total. The molecule has 3 fully saturated rings. The van der Waals surface area contributed by atoms with E-state index in [1.165, 1.54) is 0 Å². The van der Waals surface area contributed by atoms with Gasteiger partial charge < -0.3 is 10.2 Å². The lowest BCUT2D eigenvalue weighted by Gasteiger charge is -2.57. The van der Waals surface area contributed by atoms with Gasteiger partial charge in [-0.3, -0.25) is 14.4 Å². The highest BCUT2D eigenvalue weighted by Crippen LogP contribution is 2.64. The van der Waals surface area contributed by atoms with E-state index < -0.39 is 17.4 Å². The first kappa shape index (κ1) is 17.4. The van der Waals surface area contributed by atoms with Crippen LogP contribution in [0.2, 0.25) is 0 Å². The molecule has 3 aliphatic rings. The van der Waals surface area contributed by atoms with E-state index in [1.54, 1.807) is 0 Å². The second-order valence-corrected chi connectivity index (χ2v) is 8.74. The molecule has 3 saturated carbocycles. The van der Waals surface area contributed by atoms with Gasteiger partial charge in [-0.15, -0.1) is 0 Å². The Kier molecular flexibility index (Phi) is 4.25. The lowest BCUT2D eigenvalue weighted by atomic mass is 9.46. The van der Waals surface area contributed by atoms with Gasteiger partial charge in [0.15, 0.2) is 0 Å². The van der Waals surface area contributed by atoms with E-state index in [2.05, 4.69) is 6.92 Å². The van der Waals surface area contributed by atoms with Crippen molar-refractivity contribution in [1.29, 1.82) is 0 Å². The van der Waals surface area contributed by atoms with Crippen LogP contribution in [0.15, 0.2) is 0 Å². The molecule has 0 aromatic heterocycles. The minimum absolute atomic E-state index is 0.0312. The van der Waals surface area contributed by atoms with Crippen LogP contribution in [0.4, 0.5) is 0 Å². The summed E-state index contributed by atoms with van der Waals surface area (Å²) in [7, 11) is 0. The minimum atomic E-state index is -0.843. The second kappa shape index (κ2) is 5.85. The largest absolute Gasteiger partial charge is 0.481 e. The molecule has 134 valence electrons. The molecule has 0 aromatic carbocycles. The van der Waals surface area contributed by atoms with E-state index in [1.807, 2.05) is 6.92 Å². The summed E-state index contributed by atoms with van der Waals surface area (Å²) in [5.74, 6) is -0.466. The molecule has 0 aliphatic heterocycles. The molecule has 0 aromatic rings. The zero-order chi connectivity index (χ0) is 17.7. The Morgan fingerprint density at radius 1 is 1.04 bits per heavy atom. The fourth-order valence-corrected chi connectivity index (χ4v) is 6.45. The van der Waals surface area contributed by atoms with Crippen LogP contribution in [-0.4, -0.2) is 27.9 Å². The summed E-state index contributed by atoms with van der Waals surface area (Å²) in [5, 5.41) is 18.7. The van der Waals surface area contributed by atoms with Gasteiger partial charge in [0.25, 0.3) is 0 Å². The number of carbonyl (C=O) groups excluding carboxylic acids is 1. The number of aliphatic carboxylic acids is 2. The van der Waals surface area contributed by atoms with Crippen molar-refractivity contribution in [2.45, 2.75) is 65.2 Å². The van der Waals surface area contributed by atoms with Crippen LogP contribution in [0.5, 0.6) is 0 Å². The maximum Gasteiger partial charge on any atom is 0.303 e. The van der Waals surface area contributed by atoms with Crippen LogP contribution in [0.3, 0.4) is 0 Å². The van der Waals surface area contributed by atoms with E-state index in [9.17, 15) is 24.6 Å². The molecule has 6 atom stereocenters. The monoisotopic (exact) mass is 336 g/mol. The van der Waals surface area contributed by atoms with Crippen molar-refractivity contribution in [3.05, 3.63) is 0 Å². The molecule has 0 unspecified atom stereocenters. The Labute approximate surface area is 142 Å². The average Bonchev–Trinajstić information content (AvgIpc) is 2.77. The van der Waals surface area contributed by atoms with Crippen LogP contribution < -0.4 is 0 Å². The summed E-state index contributed by atoms with van der Waals surface area (Å²) in [5.41, 5.74) is -0.717. The lowest BCUT2D eigenvalue weighted by Crippen LogP contribution is -2.53. The number of ketones is 1. The number of carboxylic acids is 2. The normalized spacial score (nSPS) is 44.7. The van der Waals surface area contributed by atoms with Gasteiger partial charge in [-0.05, 0) is 61.2 Å². The van der Waals surface area contributed by atoms with Crippen molar-refractivity contribution in [2.24, 2.45) is 34.5 Å². The van der Waals surface area contributed by atoms with E-state index in [0.29, 0.717) is 24.0 Å². The molecule has 2 N–H and O–H groups in total. The van der Waals surface area contributed by atoms with Crippen LogP contribution in [-0.2, 0) is 14.4 Å². The number of hydrogen-bond acceptors (Lipinski definition) is 3. The van der Waals surface area contributed by atoms with Gasteiger partial charge in [0.1, 0.15) is 5.78 Å². The zero-order valence-corrected chi connectivity index (χ0v) is 14.6. The smallest absolute Gasteiger partial charge is 0.303 e. The Balaban J connectivity index is 1.92. The summed E-state index contributed by atoms with van der Waals surface area (Å²) < 4.78 is 0. The highest BCUT2D eigenvalue weighted by molar-refractivity contribution is 5.87. The first-order chi connectivity index (χ1) is 11.2. The van der Waals surface area contributed by atoms with Crippen molar-refractivity contribution >= 4 is 17.7 Å². The first-order valence-corrected chi connectivity index (χ1v) is 9.15. The zero-order valence-electron chi connectivity index (χ0n) is 14.6. The van der Waals surface area contributed by atoms with E-state index in [0.717, 1.165) is 32.1 Å². The second-order valence-electron chi connectivity index (χ2n) is 8.74. The predicted molar refractivity (Wildman–Crippen MR) is 87.4 cm³/mol. The van der Waals surface area contributed by atoms with Gasteiger partial charge in [-0.2, -0.15) is 0 Å². The van der Waals surface area contributed by atoms with Gasteiger partial charge in [-0.25, -0.2) is 0 Å². The van der Waals surface area contributed by atoms with Crippen LogP contribution in [0.1, 0.15) is 65.2 Å². The van der Waals surface area contributed by atoms with Crippen molar-refractivity contribution in [2.75, 3.05) is 0 Å². The van der Waals surface area contributed by atoms with Crippen LogP contribution in [0, 0.1) is 34.5 Å². The number of Topliss-reactive ketones (excluding diaryl/α,β-unsaturated/α-hetero) is 1. The molecule has 0 bridgehead atoms. The number of hydrogen-bond donors (Lipinski definition) is 2. The topological polar surface area (TPSA) is 91.7 Å². The van der Waals surface area contributed by atoms with Gasteiger partial charge >= 0.3 is 11.9 Å². The number of carbonyl (C=O) groups is 3. The van der Waals surface area contributed by atoms with Crippen LogP contribution in [0.25, 0.3) is 0 Å². The van der Waals surface area contributed by atoms with Gasteiger partial charge in [-0.1, -0.05) is 13.8 Å². The van der Waals surface area contributed by atoms with Gasteiger partial charge in [0.05, 0.1) is 6.42 Å². The Bertz CT molecular complexity index is 570. The van der Waals surface area contributed by atoms with Crippen LogP contribution >= 0.6 is 0 Å². The quantitative estimate of drug-likeness (QED) is 0.821. The van der Waals surface area contributed by atoms with Crippen molar-refractivity contribution in [3.63, 3.8) is 0 Å². The molecule has 5 heteroatoms. The fraction of sp³-hybridized carbons (Fsp3) is 0.842. The SMILES string of the molecule is C[C@@]1(CC(=O)O)[C@@H](CC(=O)O)CC[C@H]2[C@@H]1CC[C@]1(C)C(=O)CC[C@@H]21. The van der Waals surface area contributed by atoms with E-state index in [-0.39, 0.29) is 30.1 Å². The first-order valence-electron chi connectivity index (χ1n) is 9.15.